The molecule has 0 atom stereocenters. The van der Waals surface area contributed by atoms with Crippen LogP contribution in [0.25, 0.3) is 0 Å². The molecule has 0 saturated heterocycles. The Morgan fingerprint density at radius 3 is 2.25 bits per heavy atom. The van der Waals surface area contributed by atoms with Gasteiger partial charge >= 0.3 is 5.97 Å². The van der Waals surface area contributed by atoms with Crippen molar-refractivity contribution in [2.45, 2.75) is 0 Å². The van der Waals surface area contributed by atoms with Crippen LogP contribution < -0.4 is 4.74 Å². The van der Waals surface area contributed by atoms with Crippen molar-refractivity contribution >= 4 is 17.9 Å². The molecule has 3 aromatic rings. The lowest BCUT2D eigenvalue weighted by atomic mass is 10.1. The molecule has 0 aliphatic carbocycles. The van der Waals surface area contributed by atoms with Crippen molar-refractivity contribution in [2.75, 3.05) is 0 Å². The fraction of sp³-hybridized carbons (Fsp3) is 0. The van der Waals surface area contributed by atoms with Crippen molar-refractivity contribution in [1.82, 2.24) is 0 Å². The standard InChI is InChI=1S/C20H15NO3/c22-19-15(14-21-16-9-3-1-4-10-16)8-7-13-18(19)20(23)24-17-11-5-2-6-12-17/h1-14,22H/b21-14+. The monoisotopic (exact) mass is 317 g/mol. The quantitative estimate of drug-likeness (QED) is 0.442. The molecule has 0 amide bonds. The highest BCUT2D eigenvalue weighted by molar-refractivity contribution is 5.98. The van der Waals surface area contributed by atoms with Gasteiger partial charge in [-0.05, 0) is 36.4 Å². The van der Waals surface area contributed by atoms with Crippen LogP contribution in [0.5, 0.6) is 11.5 Å². The third-order valence-electron chi connectivity index (χ3n) is 3.35. The average molecular weight is 317 g/mol. The second-order valence-electron chi connectivity index (χ2n) is 5.04. The molecule has 0 aliphatic heterocycles. The van der Waals surface area contributed by atoms with Gasteiger partial charge in [0.05, 0.1) is 5.69 Å². The molecule has 3 aromatic carbocycles. The molecule has 0 heterocycles. The first-order chi connectivity index (χ1) is 11.7. The summed E-state index contributed by atoms with van der Waals surface area (Å²) in [7, 11) is 0. The Morgan fingerprint density at radius 1 is 0.875 bits per heavy atom. The lowest BCUT2D eigenvalue weighted by molar-refractivity contribution is 0.0731. The Labute approximate surface area is 139 Å². The van der Waals surface area contributed by atoms with Crippen LogP contribution in [-0.2, 0) is 0 Å². The van der Waals surface area contributed by atoms with Crippen LogP contribution in [0.3, 0.4) is 0 Å². The van der Waals surface area contributed by atoms with Gasteiger partial charge in [0.1, 0.15) is 17.1 Å². The zero-order valence-corrected chi connectivity index (χ0v) is 12.8. The molecule has 4 nitrogen and oxygen atoms in total. The number of hydrogen-bond donors (Lipinski definition) is 1. The van der Waals surface area contributed by atoms with E-state index < -0.39 is 5.97 Å². The molecule has 0 aliphatic rings. The number of phenols is 1. The first kappa shape index (κ1) is 15.5. The number of hydrogen-bond acceptors (Lipinski definition) is 4. The Hall–Kier alpha value is -3.40. The predicted molar refractivity (Wildman–Crippen MR) is 93.2 cm³/mol. The highest BCUT2D eigenvalue weighted by atomic mass is 16.5. The van der Waals surface area contributed by atoms with Crippen molar-refractivity contribution in [1.29, 1.82) is 0 Å². The van der Waals surface area contributed by atoms with Crippen molar-refractivity contribution in [3.63, 3.8) is 0 Å². The molecular weight excluding hydrogens is 302 g/mol. The molecule has 0 unspecified atom stereocenters. The van der Waals surface area contributed by atoms with Crippen molar-refractivity contribution in [2.24, 2.45) is 4.99 Å². The summed E-state index contributed by atoms with van der Waals surface area (Å²) in [6.45, 7) is 0. The van der Waals surface area contributed by atoms with Crippen LogP contribution in [0.1, 0.15) is 15.9 Å². The summed E-state index contributed by atoms with van der Waals surface area (Å²) in [6.07, 6.45) is 1.52. The lowest BCUT2D eigenvalue weighted by Gasteiger charge is -2.07. The maximum absolute atomic E-state index is 12.2. The van der Waals surface area contributed by atoms with E-state index in [9.17, 15) is 9.90 Å². The normalized spacial score (nSPS) is 10.7. The summed E-state index contributed by atoms with van der Waals surface area (Å²) in [5, 5.41) is 10.3. The second kappa shape index (κ2) is 7.24. The summed E-state index contributed by atoms with van der Waals surface area (Å²) in [6, 6.07) is 22.9. The van der Waals surface area contributed by atoms with Crippen LogP contribution in [0.4, 0.5) is 5.69 Å². The number of carbonyl (C=O) groups is 1. The maximum atomic E-state index is 12.2. The molecule has 3 rings (SSSR count). The molecular formula is C20H15NO3. The third-order valence-corrected chi connectivity index (χ3v) is 3.35. The van der Waals surface area contributed by atoms with Gasteiger partial charge in [0.25, 0.3) is 0 Å². The number of aliphatic imine (C=N–C) groups is 1. The Kier molecular flexibility index (Phi) is 4.68. The fourth-order valence-electron chi connectivity index (χ4n) is 2.14. The summed E-state index contributed by atoms with van der Waals surface area (Å²) < 4.78 is 5.26. The Balaban J connectivity index is 1.83. The zero-order valence-electron chi connectivity index (χ0n) is 12.8. The van der Waals surface area contributed by atoms with Crippen LogP contribution in [-0.4, -0.2) is 17.3 Å². The van der Waals surface area contributed by atoms with Gasteiger partial charge in [-0.25, -0.2) is 4.79 Å². The molecule has 118 valence electrons. The zero-order chi connectivity index (χ0) is 16.8. The number of ether oxygens (including phenoxy) is 1. The summed E-state index contributed by atoms with van der Waals surface area (Å²) >= 11 is 0. The van der Waals surface area contributed by atoms with E-state index in [4.69, 9.17) is 4.74 Å². The van der Waals surface area contributed by atoms with Gasteiger partial charge in [-0.3, -0.25) is 4.99 Å². The van der Waals surface area contributed by atoms with E-state index >= 15 is 0 Å². The van der Waals surface area contributed by atoms with Gasteiger partial charge in [0.15, 0.2) is 0 Å². The van der Waals surface area contributed by atoms with E-state index in [0.29, 0.717) is 11.3 Å². The molecule has 0 radical (unpaired) electrons. The molecule has 0 saturated carbocycles. The smallest absolute Gasteiger partial charge is 0.347 e. The number of phenolic OH excluding ortho intramolecular Hbond substituents is 1. The van der Waals surface area contributed by atoms with Gasteiger partial charge in [-0.1, -0.05) is 42.5 Å². The fourth-order valence-corrected chi connectivity index (χ4v) is 2.14. The molecule has 1 N–H and O–H groups in total. The first-order valence-electron chi connectivity index (χ1n) is 7.42. The third kappa shape index (κ3) is 3.67. The Morgan fingerprint density at radius 2 is 1.54 bits per heavy atom. The SMILES string of the molecule is O=C(Oc1ccccc1)c1cccc(/C=N/c2ccccc2)c1O. The second-order valence-corrected chi connectivity index (χ2v) is 5.04. The summed E-state index contributed by atoms with van der Waals surface area (Å²) in [4.78, 5) is 16.5. The number of para-hydroxylation sites is 3. The highest BCUT2D eigenvalue weighted by Gasteiger charge is 2.15. The van der Waals surface area contributed by atoms with Gasteiger partial charge in [-0.2, -0.15) is 0 Å². The largest absolute Gasteiger partial charge is 0.506 e. The number of benzene rings is 3. The molecule has 0 aromatic heterocycles. The molecule has 4 heteroatoms. The Bertz CT molecular complexity index is 859. The molecule has 0 fully saturated rings. The first-order valence-corrected chi connectivity index (χ1v) is 7.42. The van der Waals surface area contributed by atoms with Crippen molar-refractivity contribution < 1.29 is 14.6 Å². The number of rotatable bonds is 4. The molecule has 0 spiro atoms. The maximum Gasteiger partial charge on any atom is 0.347 e. The van der Waals surface area contributed by atoms with Gasteiger partial charge in [0, 0.05) is 11.8 Å². The predicted octanol–water partition coefficient (Wildman–Crippen LogP) is 4.36. The van der Waals surface area contributed by atoms with E-state index in [-0.39, 0.29) is 11.3 Å². The van der Waals surface area contributed by atoms with Gasteiger partial charge in [-0.15, -0.1) is 0 Å². The summed E-state index contributed by atoms with van der Waals surface area (Å²) in [5.74, 6) is -0.350. The summed E-state index contributed by atoms with van der Waals surface area (Å²) in [5.41, 5.74) is 1.30. The van der Waals surface area contributed by atoms with Crippen LogP contribution >= 0.6 is 0 Å². The average Bonchev–Trinajstić information content (AvgIpc) is 2.62. The van der Waals surface area contributed by atoms with Crippen molar-refractivity contribution in [3.8, 4) is 11.5 Å². The van der Waals surface area contributed by atoms with E-state index in [2.05, 4.69) is 4.99 Å². The van der Waals surface area contributed by atoms with E-state index in [1.807, 2.05) is 36.4 Å². The number of aromatic hydroxyl groups is 1. The van der Waals surface area contributed by atoms with E-state index in [1.165, 1.54) is 12.3 Å². The van der Waals surface area contributed by atoms with Crippen molar-refractivity contribution in [3.05, 3.63) is 90.0 Å². The lowest BCUT2D eigenvalue weighted by Crippen LogP contribution is -2.09. The minimum absolute atomic E-state index is 0.0934. The minimum atomic E-state index is -0.617. The number of esters is 1. The topological polar surface area (TPSA) is 58.9 Å². The van der Waals surface area contributed by atoms with Crippen LogP contribution in [0.15, 0.2) is 83.9 Å². The highest BCUT2D eigenvalue weighted by Crippen LogP contribution is 2.23. The minimum Gasteiger partial charge on any atom is -0.506 e. The van der Waals surface area contributed by atoms with Gasteiger partial charge in [0.2, 0.25) is 0 Å². The number of nitrogens with zero attached hydrogens (tertiary/aromatic N) is 1. The van der Waals surface area contributed by atoms with Crippen LogP contribution in [0.2, 0.25) is 0 Å². The number of carbonyl (C=O) groups excluding carboxylic acids is 1. The van der Waals surface area contributed by atoms with E-state index in [0.717, 1.165) is 5.69 Å². The van der Waals surface area contributed by atoms with E-state index in [1.54, 1.807) is 36.4 Å². The molecule has 0 bridgehead atoms. The van der Waals surface area contributed by atoms with Gasteiger partial charge < -0.3 is 9.84 Å². The van der Waals surface area contributed by atoms with Crippen LogP contribution in [0, 0.1) is 0 Å². The molecule has 24 heavy (non-hydrogen) atoms.